The number of allylic oxidation sites excluding steroid dienone is 2. The Balaban J connectivity index is 2.07. The number of aromatic nitrogens is 3. The van der Waals surface area contributed by atoms with Crippen LogP contribution in [-0.2, 0) is 13.0 Å². The van der Waals surface area contributed by atoms with Gasteiger partial charge in [0, 0.05) is 30.1 Å². The highest BCUT2D eigenvalue weighted by molar-refractivity contribution is 7.15. The van der Waals surface area contributed by atoms with Gasteiger partial charge in [0.05, 0.1) is 6.33 Å². The standard InChI is InChI=1S/C15H15FN4O2S/c1-3-20-13(21)5-4-12(19-20)14(22)18-15-17-9-11(23-15)8-10(2)6-7-16/h4-7,9H,2-3,8H2,1H3,(H,17,18,22)/b7-6+. The van der Waals surface area contributed by atoms with Crippen LogP contribution in [0.3, 0.4) is 0 Å². The molecule has 0 aromatic carbocycles. The summed E-state index contributed by atoms with van der Waals surface area (Å²) in [6.07, 6.45) is 3.75. The van der Waals surface area contributed by atoms with E-state index >= 15 is 0 Å². The van der Waals surface area contributed by atoms with Crippen molar-refractivity contribution < 1.29 is 9.18 Å². The molecule has 0 spiro atoms. The highest BCUT2D eigenvalue weighted by atomic mass is 32.1. The Morgan fingerprint density at radius 2 is 2.30 bits per heavy atom. The maximum absolute atomic E-state index is 12.1. The molecule has 0 fully saturated rings. The third-order valence-corrected chi connectivity index (χ3v) is 3.79. The molecule has 0 saturated heterocycles. The van der Waals surface area contributed by atoms with Gasteiger partial charge in [-0.05, 0) is 24.6 Å². The molecule has 0 aliphatic heterocycles. The van der Waals surface area contributed by atoms with Crippen molar-refractivity contribution in [2.24, 2.45) is 0 Å². The molecule has 6 nitrogen and oxygen atoms in total. The molecule has 2 rings (SSSR count). The fourth-order valence-corrected chi connectivity index (χ4v) is 2.64. The molecule has 23 heavy (non-hydrogen) atoms. The third-order valence-electron chi connectivity index (χ3n) is 2.87. The number of carbonyl (C=O) groups excluding carboxylic acids is 1. The first-order chi connectivity index (χ1) is 11.0. The smallest absolute Gasteiger partial charge is 0.277 e. The lowest BCUT2D eigenvalue weighted by Gasteiger charge is -2.04. The van der Waals surface area contributed by atoms with Crippen molar-refractivity contribution in [1.82, 2.24) is 14.8 Å². The second-order valence-electron chi connectivity index (χ2n) is 4.59. The van der Waals surface area contributed by atoms with E-state index in [1.165, 1.54) is 34.2 Å². The van der Waals surface area contributed by atoms with Crippen molar-refractivity contribution in [3.05, 3.63) is 63.8 Å². The van der Waals surface area contributed by atoms with Crippen molar-refractivity contribution in [2.75, 3.05) is 5.32 Å². The van der Waals surface area contributed by atoms with Gasteiger partial charge in [-0.1, -0.05) is 6.58 Å². The predicted molar refractivity (Wildman–Crippen MR) is 87.3 cm³/mol. The van der Waals surface area contributed by atoms with Crippen LogP contribution in [0.15, 0.2) is 47.7 Å². The topological polar surface area (TPSA) is 76.9 Å². The zero-order valence-electron chi connectivity index (χ0n) is 12.5. The quantitative estimate of drug-likeness (QED) is 0.824. The molecule has 0 atom stereocenters. The van der Waals surface area contributed by atoms with E-state index in [0.29, 0.717) is 30.0 Å². The first-order valence-corrected chi connectivity index (χ1v) is 7.64. The molecule has 1 N–H and O–H groups in total. The Hall–Kier alpha value is -2.61. The summed E-state index contributed by atoms with van der Waals surface area (Å²) in [4.78, 5) is 28.5. The Kier molecular flexibility index (Phi) is 5.53. The van der Waals surface area contributed by atoms with Gasteiger partial charge in [0.25, 0.3) is 11.5 Å². The van der Waals surface area contributed by atoms with E-state index in [4.69, 9.17) is 0 Å². The molecule has 8 heteroatoms. The number of anilines is 1. The van der Waals surface area contributed by atoms with E-state index in [1.54, 1.807) is 13.1 Å². The Morgan fingerprint density at radius 3 is 3.00 bits per heavy atom. The summed E-state index contributed by atoms with van der Waals surface area (Å²) in [5.74, 6) is -0.449. The van der Waals surface area contributed by atoms with Gasteiger partial charge in [0.2, 0.25) is 0 Å². The molecule has 120 valence electrons. The second-order valence-corrected chi connectivity index (χ2v) is 5.70. The minimum absolute atomic E-state index is 0.132. The van der Waals surface area contributed by atoms with Gasteiger partial charge in [0.15, 0.2) is 5.13 Å². The first-order valence-electron chi connectivity index (χ1n) is 6.82. The molecule has 2 aromatic rings. The number of thiazole rings is 1. The molecular weight excluding hydrogens is 319 g/mol. The van der Waals surface area contributed by atoms with Crippen LogP contribution in [0.5, 0.6) is 0 Å². The Bertz CT molecular complexity index is 810. The number of hydrogen-bond acceptors (Lipinski definition) is 5. The molecule has 0 unspecified atom stereocenters. The average molecular weight is 334 g/mol. The zero-order valence-corrected chi connectivity index (χ0v) is 13.3. The van der Waals surface area contributed by atoms with Crippen molar-refractivity contribution in [3.8, 4) is 0 Å². The number of amides is 1. The molecule has 2 heterocycles. The number of hydrogen-bond donors (Lipinski definition) is 1. The average Bonchev–Trinajstić information content (AvgIpc) is 2.94. The lowest BCUT2D eigenvalue weighted by molar-refractivity contribution is 0.102. The summed E-state index contributed by atoms with van der Waals surface area (Å²) >= 11 is 1.27. The van der Waals surface area contributed by atoms with Gasteiger partial charge >= 0.3 is 0 Å². The van der Waals surface area contributed by atoms with Crippen LogP contribution in [0.1, 0.15) is 22.3 Å². The minimum atomic E-state index is -0.449. The van der Waals surface area contributed by atoms with Gasteiger partial charge in [-0.2, -0.15) is 5.10 Å². The highest BCUT2D eigenvalue weighted by Crippen LogP contribution is 2.21. The Morgan fingerprint density at radius 1 is 1.52 bits per heavy atom. The van der Waals surface area contributed by atoms with Crippen LogP contribution >= 0.6 is 11.3 Å². The monoisotopic (exact) mass is 334 g/mol. The van der Waals surface area contributed by atoms with Crippen molar-refractivity contribution in [2.45, 2.75) is 19.9 Å². The number of carbonyl (C=O) groups is 1. The molecule has 1 amide bonds. The molecule has 0 aliphatic carbocycles. The molecule has 0 aliphatic rings. The second kappa shape index (κ2) is 7.59. The predicted octanol–water partition coefficient (Wildman–Crippen LogP) is 2.55. The lowest BCUT2D eigenvalue weighted by Crippen LogP contribution is -2.25. The summed E-state index contributed by atoms with van der Waals surface area (Å²) in [7, 11) is 0. The van der Waals surface area contributed by atoms with Gasteiger partial charge in [0.1, 0.15) is 5.69 Å². The molecule has 0 saturated carbocycles. The van der Waals surface area contributed by atoms with E-state index in [0.717, 1.165) is 4.88 Å². The number of halogens is 1. The summed E-state index contributed by atoms with van der Waals surface area (Å²) in [5, 5.41) is 6.99. The first kappa shape index (κ1) is 16.8. The van der Waals surface area contributed by atoms with Gasteiger partial charge in [-0.15, -0.1) is 11.3 Å². The number of aryl methyl sites for hydroxylation is 1. The Labute approximate surface area is 136 Å². The summed E-state index contributed by atoms with van der Waals surface area (Å²) in [5.41, 5.74) is 0.471. The normalized spacial score (nSPS) is 10.9. The van der Waals surface area contributed by atoms with E-state index < -0.39 is 5.91 Å². The minimum Gasteiger partial charge on any atom is -0.296 e. The largest absolute Gasteiger partial charge is 0.296 e. The van der Waals surface area contributed by atoms with E-state index in [2.05, 4.69) is 22.0 Å². The molecule has 0 bridgehead atoms. The SMILES string of the molecule is C=C(/C=C/F)Cc1cnc(NC(=O)c2ccc(=O)n(CC)n2)s1. The summed E-state index contributed by atoms with van der Waals surface area (Å²) < 4.78 is 13.3. The lowest BCUT2D eigenvalue weighted by atomic mass is 10.2. The van der Waals surface area contributed by atoms with Gasteiger partial charge in [-0.25, -0.2) is 14.1 Å². The fourth-order valence-electron chi connectivity index (χ4n) is 1.78. The number of rotatable bonds is 6. The van der Waals surface area contributed by atoms with Gasteiger partial charge < -0.3 is 0 Å². The van der Waals surface area contributed by atoms with Crippen LogP contribution in [0.4, 0.5) is 9.52 Å². The zero-order chi connectivity index (χ0) is 16.8. The van der Waals surface area contributed by atoms with Crippen LogP contribution in [0, 0.1) is 0 Å². The molecule has 0 radical (unpaired) electrons. The van der Waals surface area contributed by atoms with Crippen molar-refractivity contribution >= 4 is 22.4 Å². The van der Waals surface area contributed by atoms with E-state index in [-0.39, 0.29) is 11.3 Å². The highest BCUT2D eigenvalue weighted by Gasteiger charge is 2.12. The summed E-state index contributed by atoms with van der Waals surface area (Å²) in [6.45, 7) is 5.85. The van der Waals surface area contributed by atoms with Crippen LogP contribution in [0.2, 0.25) is 0 Å². The third kappa shape index (κ3) is 4.43. The summed E-state index contributed by atoms with van der Waals surface area (Å²) in [6, 6.07) is 2.66. The van der Waals surface area contributed by atoms with E-state index in [1.807, 2.05) is 0 Å². The van der Waals surface area contributed by atoms with Gasteiger partial charge in [-0.3, -0.25) is 14.9 Å². The van der Waals surface area contributed by atoms with Crippen molar-refractivity contribution in [3.63, 3.8) is 0 Å². The molecular formula is C15H15FN4O2S. The van der Waals surface area contributed by atoms with Crippen LogP contribution in [0.25, 0.3) is 0 Å². The maximum Gasteiger partial charge on any atom is 0.277 e. The van der Waals surface area contributed by atoms with Crippen molar-refractivity contribution in [1.29, 1.82) is 0 Å². The van der Waals surface area contributed by atoms with Crippen LogP contribution in [-0.4, -0.2) is 20.7 Å². The maximum atomic E-state index is 12.1. The van der Waals surface area contributed by atoms with Crippen LogP contribution < -0.4 is 10.9 Å². The molecule has 2 aromatic heterocycles. The number of nitrogens with one attached hydrogen (secondary N) is 1. The fraction of sp³-hybridized carbons (Fsp3) is 0.200. The van der Waals surface area contributed by atoms with E-state index in [9.17, 15) is 14.0 Å². The number of nitrogens with zero attached hydrogens (tertiary/aromatic N) is 3.